The number of carboxylic acids is 1. The lowest BCUT2D eigenvalue weighted by Crippen LogP contribution is -2.35. The van der Waals surface area contributed by atoms with Crippen LogP contribution >= 0.6 is 0 Å². The number of ether oxygens (including phenoxy) is 1. The van der Waals surface area contributed by atoms with Gasteiger partial charge in [-0.05, 0) is 30.5 Å². The van der Waals surface area contributed by atoms with E-state index < -0.39 is 23.3 Å². The summed E-state index contributed by atoms with van der Waals surface area (Å²) in [6.07, 6.45) is -3.79. The van der Waals surface area contributed by atoms with Gasteiger partial charge in [-0.25, -0.2) is 4.79 Å². The number of hydrogen-bond donors (Lipinski definition) is 1. The van der Waals surface area contributed by atoms with E-state index in [0.717, 1.165) is 12.1 Å². The molecule has 2 rings (SSSR count). The average molecular weight is 260 g/mol. The highest BCUT2D eigenvalue weighted by molar-refractivity contribution is 5.80. The molecular weight excluding hydrogens is 249 g/mol. The summed E-state index contributed by atoms with van der Waals surface area (Å²) in [4.78, 5) is 11.3. The highest BCUT2D eigenvalue weighted by Gasteiger charge is 2.45. The molecule has 1 atom stereocenters. The minimum Gasteiger partial charge on any atom is -0.479 e. The molecule has 1 aromatic rings. The van der Waals surface area contributed by atoms with E-state index in [4.69, 9.17) is 4.74 Å². The Labute approximate surface area is 101 Å². The second-order valence-corrected chi connectivity index (χ2v) is 4.16. The molecule has 6 heteroatoms. The minimum atomic E-state index is -4.49. The van der Waals surface area contributed by atoms with E-state index in [9.17, 15) is 23.1 Å². The maximum absolute atomic E-state index is 12.6. The zero-order valence-corrected chi connectivity index (χ0v) is 9.33. The Morgan fingerprint density at radius 2 is 2.11 bits per heavy atom. The van der Waals surface area contributed by atoms with E-state index in [1.54, 1.807) is 0 Å². The SMILES string of the molecule is O=C(O)C1(c2cccc(C(F)(F)F)c2)CCCO1. The quantitative estimate of drug-likeness (QED) is 0.889. The maximum Gasteiger partial charge on any atom is 0.416 e. The van der Waals surface area contributed by atoms with Gasteiger partial charge in [0.25, 0.3) is 0 Å². The average Bonchev–Trinajstić information content (AvgIpc) is 2.78. The molecule has 3 nitrogen and oxygen atoms in total. The summed E-state index contributed by atoms with van der Waals surface area (Å²) in [5.41, 5.74) is -2.46. The fraction of sp³-hybridized carbons (Fsp3) is 0.417. The Hall–Kier alpha value is -1.56. The van der Waals surface area contributed by atoms with Crippen molar-refractivity contribution in [2.24, 2.45) is 0 Å². The van der Waals surface area contributed by atoms with Crippen molar-refractivity contribution in [3.63, 3.8) is 0 Å². The van der Waals surface area contributed by atoms with E-state index in [2.05, 4.69) is 0 Å². The van der Waals surface area contributed by atoms with Crippen LogP contribution in [0.4, 0.5) is 13.2 Å². The number of halogens is 3. The monoisotopic (exact) mass is 260 g/mol. The van der Waals surface area contributed by atoms with Gasteiger partial charge < -0.3 is 9.84 Å². The molecular formula is C12H11F3O3. The number of hydrogen-bond acceptors (Lipinski definition) is 2. The van der Waals surface area contributed by atoms with Crippen molar-refractivity contribution < 1.29 is 27.8 Å². The molecule has 18 heavy (non-hydrogen) atoms. The Kier molecular flexibility index (Phi) is 3.06. The second-order valence-electron chi connectivity index (χ2n) is 4.16. The van der Waals surface area contributed by atoms with Crippen LogP contribution in [0.1, 0.15) is 24.0 Å². The van der Waals surface area contributed by atoms with Crippen LogP contribution < -0.4 is 0 Å². The molecule has 0 aliphatic carbocycles. The molecule has 0 spiro atoms. The van der Waals surface area contributed by atoms with Gasteiger partial charge in [0.2, 0.25) is 0 Å². The summed E-state index contributed by atoms with van der Waals surface area (Å²) in [6, 6.07) is 4.31. The summed E-state index contributed by atoms with van der Waals surface area (Å²) >= 11 is 0. The molecule has 0 amide bonds. The van der Waals surface area contributed by atoms with Gasteiger partial charge in [-0.1, -0.05) is 12.1 Å². The lowest BCUT2D eigenvalue weighted by Gasteiger charge is -2.24. The van der Waals surface area contributed by atoms with Crippen LogP contribution in [0.25, 0.3) is 0 Å². The van der Waals surface area contributed by atoms with E-state index in [-0.39, 0.29) is 18.6 Å². The largest absolute Gasteiger partial charge is 0.479 e. The first-order valence-electron chi connectivity index (χ1n) is 5.41. The molecule has 1 aliphatic rings. The number of carbonyl (C=O) groups is 1. The lowest BCUT2D eigenvalue weighted by atomic mass is 9.90. The Bertz CT molecular complexity index is 462. The molecule has 1 fully saturated rings. The van der Waals surface area contributed by atoms with E-state index >= 15 is 0 Å². The van der Waals surface area contributed by atoms with Gasteiger partial charge in [0.05, 0.1) is 5.56 Å². The normalized spacial score (nSPS) is 24.2. The molecule has 98 valence electrons. The molecule has 1 aliphatic heterocycles. The van der Waals surface area contributed by atoms with Crippen molar-refractivity contribution in [1.82, 2.24) is 0 Å². The van der Waals surface area contributed by atoms with Gasteiger partial charge in [-0.15, -0.1) is 0 Å². The van der Waals surface area contributed by atoms with Crippen LogP contribution in [0, 0.1) is 0 Å². The van der Waals surface area contributed by atoms with Crippen LogP contribution in [0.3, 0.4) is 0 Å². The van der Waals surface area contributed by atoms with Crippen molar-refractivity contribution in [2.45, 2.75) is 24.6 Å². The maximum atomic E-state index is 12.6. The van der Waals surface area contributed by atoms with Crippen molar-refractivity contribution in [1.29, 1.82) is 0 Å². The van der Waals surface area contributed by atoms with Crippen molar-refractivity contribution in [2.75, 3.05) is 6.61 Å². The fourth-order valence-corrected chi connectivity index (χ4v) is 2.11. The van der Waals surface area contributed by atoms with Crippen molar-refractivity contribution in [3.8, 4) is 0 Å². The summed E-state index contributed by atoms with van der Waals surface area (Å²) < 4.78 is 43.0. The number of aliphatic carboxylic acids is 1. The topological polar surface area (TPSA) is 46.5 Å². The standard InChI is InChI=1S/C12H11F3O3/c13-12(14,15)9-4-1-3-8(7-9)11(10(16)17)5-2-6-18-11/h1,3-4,7H,2,5-6H2,(H,16,17). The molecule has 0 aromatic heterocycles. The van der Waals surface area contributed by atoms with Crippen LogP contribution in [-0.2, 0) is 21.3 Å². The molecule has 0 radical (unpaired) electrons. The summed E-state index contributed by atoms with van der Waals surface area (Å²) in [6.45, 7) is 0.239. The van der Waals surface area contributed by atoms with Crippen molar-refractivity contribution in [3.05, 3.63) is 35.4 Å². The number of carboxylic acid groups (broad SMARTS) is 1. The molecule has 1 N–H and O–H groups in total. The summed E-state index contributed by atoms with van der Waals surface area (Å²) in [7, 11) is 0. The Balaban J connectivity index is 2.47. The second kappa shape index (κ2) is 4.28. The number of alkyl halides is 3. The predicted molar refractivity (Wildman–Crippen MR) is 55.9 cm³/mol. The van der Waals surface area contributed by atoms with Gasteiger partial charge in [-0.3, -0.25) is 0 Å². The van der Waals surface area contributed by atoms with Gasteiger partial charge in [0, 0.05) is 6.61 Å². The molecule has 0 saturated carbocycles. The van der Waals surface area contributed by atoms with Gasteiger partial charge in [-0.2, -0.15) is 13.2 Å². The zero-order chi connectivity index (χ0) is 13.4. The molecule has 0 bridgehead atoms. The first-order valence-corrected chi connectivity index (χ1v) is 5.41. The number of benzene rings is 1. The lowest BCUT2D eigenvalue weighted by molar-refractivity contribution is -0.161. The first-order chi connectivity index (χ1) is 8.36. The minimum absolute atomic E-state index is 0.0438. The smallest absolute Gasteiger partial charge is 0.416 e. The highest BCUT2D eigenvalue weighted by Crippen LogP contribution is 2.39. The zero-order valence-electron chi connectivity index (χ0n) is 9.33. The van der Waals surface area contributed by atoms with Crippen LogP contribution in [0.2, 0.25) is 0 Å². The van der Waals surface area contributed by atoms with Gasteiger partial charge in [0.1, 0.15) is 0 Å². The first kappa shape index (κ1) is 12.9. The Morgan fingerprint density at radius 3 is 2.61 bits per heavy atom. The van der Waals surface area contributed by atoms with Crippen molar-refractivity contribution >= 4 is 5.97 Å². The summed E-state index contributed by atoms with van der Waals surface area (Å²) in [5, 5.41) is 9.20. The third kappa shape index (κ3) is 2.08. The fourth-order valence-electron chi connectivity index (χ4n) is 2.11. The highest BCUT2D eigenvalue weighted by atomic mass is 19.4. The molecule has 1 saturated heterocycles. The van der Waals surface area contributed by atoms with Gasteiger partial charge in [0.15, 0.2) is 5.60 Å². The van der Waals surface area contributed by atoms with Gasteiger partial charge >= 0.3 is 12.1 Å². The Morgan fingerprint density at radius 1 is 1.39 bits per heavy atom. The third-order valence-electron chi connectivity index (χ3n) is 3.02. The third-order valence-corrected chi connectivity index (χ3v) is 3.02. The van der Waals surface area contributed by atoms with E-state index in [1.165, 1.54) is 12.1 Å². The number of rotatable bonds is 2. The van der Waals surface area contributed by atoms with Crippen LogP contribution in [0.5, 0.6) is 0 Å². The van der Waals surface area contributed by atoms with E-state index in [1.807, 2.05) is 0 Å². The molecule has 1 aromatic carbocycles. The van der Waals surface area contributed by atoms with Crippen LogP contribution in [-0.4, -0.2) is 17.7 Å². The molecule has 1 unspecified atom stereocenters. The van der Waals surface area contributed by atoms with E-state index in [0.29, 0.717) is 6.42 Å². The van der Waals surface area contributed by atoms with Crippen LogP contribution in [0.15, 0.2) is 24.3 Å². The summed E-state index contributed by atoms with van der Waals surface area (Å²) in [5.74, 6) is -1.25. The molecule has 1 heterocycles. The predicted octanol–water partition coefficient (Wildman–Crippen LogP) is 2.80.